The summed E-state index contributed by atoms with van der Waals surface area (Å²) in [6.07, 6.45) is -3.92. The fourth-order valence-electron chi connectivity index (χ4n) is 3.83. The van der Waals surface area contributed by atoms with E-state index in [-0.39, 0.29) is 16.9 Å². The number of nitrogens with one attached hydrogen (secondary N) is 1. The maximum absolute atomic E-state index is 15.1. The maximum atomic E-state index is 15.1. The largest absolute Gasteiger partial charge is 0.449 e. The minimum absolute atomic E-state index is 0.110. The summed E-state index contributed by atoms with van der Waals surface area (Å²) in [6, 6.07) is 5.70. The molecule has 0 saturated heterocycles. The Bertz CT molecular complexity index is 1350. The number of nitrogens with zero attached hydrogens (tertiary/aromatic N) is 3. The van der Waals surface area contributed by atoms with E-state index in [2.05, 4.69) is 10.3 Å². The van der Waals surface area contributed by atoms with Crippen molar-refractivity contribution >= 4 is 17.5 Å². The van der Waals surface area contributed by atoms with Crippen molar-refractivity contribution in [1.29, 1.82) is 0 Å². The Morgan fingerprint density at radius 1 is 0.972 bits per heavy atom. The van der Waals surface area contributed by atoms with Gasteiger partial charge in [-0.1, -0.05) is 0 Å². The standard InChI is InChI=1S/C23H17F7N4O2/c1-12-8-14(3-5-17(12)24)32-19(35)13-2-4-18(25)16(9-13)22(26,27)21(36)33-6-7-34-15(11-33)10-31-20(34)23(28,29)30/h2-5,8-10H,6-7,11H2,1H3,(H,32,35). The molecule has 190 valence electrons. The van der Waals surface area contributed by atoms with E-state index < -0.39 is 72.1 Å². The highest BCUT2D eigenvalue weighted by atomic mass is 19.4. The first-order chi connectivity index (χ1) is 16.8. The van der Waals surface area contributed by atoms with E-state index in [0.29, 0.717) is 17.0 Å². The lowest BCUT2D eigenvalue weighted by Crippen LogP contribution is -2.46. The summed E-state index contributed by atoms with van der Waals surface area (Å²) in [5.74, 6) is -10.4. The average molecular weight is 514 g/mol. The lowest BCUT2D eigenvalue weighted by Gasteiger charge is -2.32. The Labute approximate surface area is 199 Å². The van der Waals surface area contributed by atoms with Crippen LogP contribution in [0.4, 0.5) is 36.4 Å². The van der Waals surface area contributed by atoms with Gasteiger partial charge in [-0.25, -0.2) is 13.8 Å². The molecule has 0 saturated carbocycles. The number of carbonyl (C=O) groups excluding carboxylic acids is 2. The molecular weight excluding hydrogens is 497 g/mol. The molecule has 6 nitrogen and oxygen atoms in total. The zero-order valence-electron chi connectivity index (χ0n) is 18.5. The van der Waals surface area contributed by atoms with E-state index in [4.69, 9.17) is 0 Å². The number of carbonyl (C=O) groups is 2. The van der Waals surface area contributed by atoms with Crippen LogP contribution in [-0.2, 0) is 30.0 Å². The summed E-state index contributed by atoms with van der Waals surface area (Å²) in [5.41, 5.74) is -1.50. The minimum Gasteiger partial charge on any atom is -0.329 e. The average Bonchev–Trinajstić information content (AvgIpc) is 3.25. The number of fused-ring (bicyclic) bond motifs is 1. The van der Waals surface area contributed by atoms with E-state index in [1.165, 1.54) is 19.1 Å². The number of anilines is 1. The SMILES string of the molecule is Cc1cc(NC(=O)c2ccc(F)c(C(F)(F)C(=O)N3CCn4c(cnc4C(F)(F)F)C3)c2)ccc1F. The zero-order valence-corrected chi connectivity index (χ0v) is 18.5. The Balaban J connectivity index is 1.56. The molecule has 0 atom stereocenters. The molecule has 0 unspecified atom stereocenters. The van der Waals surface area contributed by atoms with Gasteiger partial charge in [-0.15, -0.1) is 0 Å². The number of aromatic nitrogens is 2. The zero-order chi connectivity index (χ0) is 26.4. The summed E-state index contributed by atoms with van der Waals surface area (Å²) in [6.45, 7) is -0.0750. The first kappa shape index (κ1) is 25.2. The van der Waals surface area contributed by atoms with Crippen LogP contribution in [0.5, 0.6) is 0 Å². The topological polar surface area (TPSA) is 67.2 Å². The molecule has 2 aromatic carbocycles. The molecule has 0 bridgehead atoms. The summed E-state index contributed by atoms with van der Waals surface area (Å²) in [7, 11) is 0. The Morgan fingerprint density at radius 3 is 2.33 bits per heavy atom. The van der Waals surface area contributed by atoms with E-state index >= 15 is 8.78 Å². The lowest BCUT2D eigenvalue weighted by molar-refractivity contribution is -0.161. The van der Waals surface area contributed by atoms with Gasteiger partial charge in [-0.05, 0) is 48.9 Å². The van der Waals surface area contributed by atoms with E-state index in [9.17, 15) is 31.5 Å². The van der Waals surface area contributed by atoms with E-state index in [1.807, 2.05) is 0 Å². The monoisotopic (exact) mass is 514 g/mol. The van der Waals surface area contributed by atoms with E-state index in [1.54, 1.807) is 0 Å². The number of benzene rings is 2. The first-order valence-corrected chi connectivity index (χ1v) is 10.5. The normalized spacial score (nSPS) is 13.9. The van der Waals surface area contributed by atoms with Crippen LogP contribution < -0.4 is 5.32 Å². The Kier molecular flexibility index (Phi) is 6.27. The van der Waals surface area contributed by atoms with Gasteiger partial charge in [0, 0.05) is 24.3 Å². The second kappa shape index (κ2) is 8.95. The molecule has 2 amide bonds. The van der Waals surface area contributed by atoms with Gasteiger partial charge in [0.15, 0.2) is 0 Å². The predicted molar refractivity (Wildman–Crippen MR) is 112 cm³/mol. The molecule has 36 heavy (non-hydrogen) atoms. The fourth-order valence-corrected chi connectivity index (χ4v) is 3.83. The van der Waals surface area contributed by atoms with Crippen LogP contribution in [0.15, 0.2) is 42.6 Å². The molecule has 0 spiro atoms. The van der Waals surface area contributed by atoms with E-state index in [0.717, 1.165) is 22.9 Å². The van der Waals surface area contributed by atoms with Gasteiger partial charge in [0.05, 0.1) is 24.0 Å². The van der Waals surface area contributed by atoms with Crippen molar-refractivity contribution in [1.82, 2.24) is 14.5 Å². The van der Waals surface area contributed by atoms with Gasteiger partial charge in [-0.3, -0.25) is 9.59 Å². The first-order valence-electron chi connectivity index (χ1n) is 10.5. The van der Waals surface area contributed by atoms with Crippen LogP contribution in [0, 0.1) is 18.6 Å². The summed E-state index contributed by atoms with van der Waals surface area (Å²) in [5, 5.41) is 2.37. The molecule has 13 heteroatoms. The molecular formula is C23H17F7N4O2. The quantitative estimate of drug-likeness (QED) is 0.505. The van der Waals surface area contributed by atoms with Crippen LogP contribution in [0.2, 0.25) is 0 Å². The van der Waals surface area contributed by atoms with Crippen LogP contribution >= 0.6 is 0 Å². The molecule has 2 heterocycles. The molecule has 1 aromatic heterocycles. The van der Waals surface area contributed by atoms with Crippen molar-refractivity contribution < 1.29 is 40.3 Å². The number of hydrogen-bond acceptors (Lipinski definition) is 3. The number of hydrogen-bond donors (Lipinski definition) is 1. The molecule has 0 aliphatic carbocycles. The van der Waals surface area contributed by atoms with Crippen LogP contribution in [-0.4, -0.2) is 32.8 Å². The highest BCUT2D eigenvalue weighted by Gasteiger charge is 2.47. The van der Waals surface area contributed by atoms with Crippen molar-refractivity contribution in [2.45, 2.75) is 32.1 Å². The number of amides is 2. The summed E-state index contributed by atoms with van der Waals surface area (Å²) < 4.78 is 97.9. The smallest absolute Gasteiger partial charge is 0.329 e. The van der Waals surface area contributed by atoms with Gasteiger partial charge < -0.3 is 14.8 Å². The minimum atomic E-state index is -4.76. The third kappa shape index (κ3) is 4.64. The van der Waals surface area contributed by atoms with Crippen molar-refractivity contribution in [3.8, 4) is 0 Å². The number of imidazole rings is 1. The maximum Gasteiger partial charge on any atom is 0.449 e. The van der Waals surface area contributed by atoms with Crippen LogP contribution in [0.25, 0.3) is 0 Å². The van der Waals surface area contributed by atoms with Gasteiger partial charge in [-0.2, -0.15) is 22.0 Å². The predicted octanol–water partition coefficient (Wildman–Crippen LogP) is 4.88. The van der Waals surface area contributed by atoms with Crippen molar-refractivity contribution in [2.75, 3.05) is 11.9 Å². The van der Waals surface area contributed by atoms with Crippen LogP contribution in [0.3, 0.4) is 0 Å². The molecule has 1 N–H and O–H groups in total. The number of rotatable bonds is 4. The molecule has 1 aliphatic heterocycles. The van der Waals surface area contributed by atoms with Gasteiger partial charge in [0.25, 0.3) is 11.8 Å². The van der Waals surface area contributed by atoms with Gasteiger partial charge in [0.2, 0.25) is 5.82 Å². The third-order valence-corrected chi connectivity index (χ3v) is 5.68. The summed E-state index contributed by atoms with van der Waals surface area (Å²) >= 11 is 0. The lowest BCUT2D eigenvalue weighted by atomic mass is 10.0. The van der Waals surface area contributed by atoms with Crippen LogP contribution in [0.1, 0.15) is 33.0 Å². The molecule has 4 rings (SSSR count). The second-order valence-electron chi connectivity index (χ2n) is 8.14. The van der Waals surface area contributed by atoms with Crippen molar-refractivity contribution in [2.24, 2.45) is 0 Å². The third-order valence-electron chi connectivity index (χ3n) is 5.68. The van der Waals surface area contributed by atoms with Crippen molar-refractivity contribution in [3.63, 3.8) is 0 Å². The van der Waals surface area contributed by atoms with Gasteiger partial charge in [0.1, 0.15) is 11.6 Å². The number of alkyl halides is 5. The van der Waals surface area contributed by atoms with Gasteiger partial charge >= 0.3 is 12.1 Å². The Morgan fingerprint density at radius 2 is 1.67 bits per heavy atom. The fraction of sp³-hybridized carbons (Fsp3) is 0.261. The highest BCUT2D eigenvalue weighted by Crippen LogP contribution is 2.35. The Hall–Kier alpha value is -3.90. The molecule has 0 fully saturated rings. The molecule has 0 radical (unpaired) electrons. The molecule has 3 aromatic rings. The molecule has 1 aliphatic rings. The summed E-state index contributed by atoms with van der Waals surface area (Å²) in [4.78, 5) is 29.0. The highest BCUT2D eigenvalue weighted by molar-refractivity contribution is 6.04. The number of aryl methyl sites for hydroxylation is 1. The second-order valence-corrected chi connectivity index (χ2v) is 8.14. The van der Waals surface area contributed by atoms with Crippen molar-refractivity contribution in [3.05, 3.63) is 82.4 Å². The number of halogens is 7.